The Hall–Kier alpha value is -2.57. The molecular formula is C23H25Cl2N5O2S. The third-order valence-electron chi connectivity index (χ3n) is 5.20. The molecule has 1 aromatic carbocycles. The summed E-state index contributed by atoms with van der Waals surface area (Å²) in [7, 11) is 0. The molecule has 0 aliphatic rings. The Morgan fingerprint density at radius 1 is 1.27 bits per heavy atom. The number of aromatic nitrogens is 1. The van der Waals surface area contributed by atoms with Crippen molar-refractivity contribution < 1.29 is 9.32 Å². The highest BCUT2D eigenvalue weighted by molar-refractivity contribution is 7.19. The van der Waals surface area contributed by atoms with Crippen LogP contribution in [0.1, 0.15) is 47.7 Å². The van der Waals surface area contributed by atoms with Crippen LogP contribution in [0.3, 0.4) is 0 Å². The van der Waals surface area contributed by atoms with Gasteiger partial charge in [0.25, 0.3) is 0 Å². The third kappa shape index (κ3) is 5.87. The van der Waals surface area contributed by atoms with Gasteiger partial charge in [0.2, 0.25) is 11.5 Å². The van der Waals surface area contributed by atoms with Gasteiger partial charge in [0.1, 0.15) is 27.2 Å². The molecule has 0 amide bonds. The first-order valence-electron chi connectivity index (χ1n) is 10.6. The Morgan fingerprint density at radius 2 is 2.06 bits per heavy atom. The normalized spacial score (nSPS) is 11.0. The maximum absolute atomic E-state index is 13.1. The summed E-state index contributed by atoms with van der Waals surface area (Å²) in [5.41, 5.74) is 7.66. The van der Waals surface area contributed by atoms with Gasteiger partial charge in [0, 0.05) is 24.7 Å². The fraction of sp³-hybridized carbons (Fsp3) is 0.348. The molecule has 3 N–H and O–H groups in total. The average Bonchev–Trinajstić information content (AvgIpc) is 3.42. The van der Waals surface area contributed by atoms with E-state index in [-0.39, 0.29) is 21.9 Å². The predicted octanol–water partition coefficient (Wildman–Crippen LogP) is 5.93. The zero-order valence-electron chi connectivity index (χ0n) is 18.5. The second-order valence-electron chi connectivity index (χ2n) is 7.41. The molecule has 174 valence electrons. The first-order chi connectivity index (χ1) is 15.9. The number of ketones is 1. The minimum atomic E-state index is -0.431. The number of likely N-dealkylation sites (N-methyl/N-ethyl adjacent to an activating group) is 1. The number of unbranched alkanes of at least 4 members (excludes halogenated alkanes) is 1. The van der Waals surface area contributed by atoms with Crippen LogP contribution in [0.2, 0.25) is 10.0 Å². The van der Waals surface area contributed by atoms with E-state index < -0.39 is 5.78 Å². The monoisotopic (exact) mass is 505 g/mol. The first-order valence-corrected chi connectivity index (χ1v) is 12.2. The number of carbonyl (C=O) groups is 1. The first kappa shape index (κ1) is 25.1. The Labute approximate surface area is 207 Å². The zero-order valence-corrected chi connectivity index (χ0v) is 20.8. The Morgan fingerprint density at radius 3 is 2.73 bits per heavy atom. The van der Waals surface area contributed by atoms with Crippen molar-refractivity contribution in [1.82, 2.24) is 10.1 Å². The number of rotatable bonds is 11. The van der Waals surface area contributed by atoms with Crippen molar-refractivity contribution >= 4 is 51.0 Å². The molecular weight excluding hydrogens is 481 g/mol. The lowest BCUT2D eigenvalue weighted by Gasteiger charge is -2.20. The number of nitrogen functional groups attached to an aromatic ring is 1. The quantitative estimate of drug-likeness (QED) is 0.310. The molecule has 0 saturated carbocycles. The minimum absolute atomic E-state index is 0.0248. The molecule has 0 atom stereocenters. The van der Waals surface area contributed by atoms with E-state index in [1.807, 2.05) is 0 Å². The summed E-state index contributed by atoms with van der Waals surface area (Å²) in [6, 6.07) is 8.64. The van der Waals surface area contributed by atoms with Crippen molar-refractivity contribution in [1.29, 1.82) is 5.26 Å². The number of halogens is 2. The number of anilines is 2. The van der Waals surface area contributed by atoms with Gasteiger partial charge in [-0.15, -0.1) is 11.3 Å². The SMILES string of the molecule is CCCCN(CC)CCNc1sc(C(=O)c2cc(-c3ccc(Cl)c(Cl)c3)no2)c(N)c1C#N. The Balaban J connectivity index is 1.76. The number of carbonyl (C=O) groups excluding carboxylic acids is 1. The van der Waals surface area contributed by atoms with Crippen LogP contribution in [0.15, 0.2) is 28.8 Å². The number of nitrogens with zero attached hydrogens (tertiary/aromatic N) is 3. The van der Waals surface area contributed by atoms with Gasteiger partial charge in [-0.2, -0.15) is 5.26 Å². The van der Waals surface area contributed by atoms with Gasteiger partial charge in [-0.3, -0.25) is 4.79 Å². The van der Waals surface area contributed by atoms with Crippen molar-refractivity contribution in [2.75, 3.05) is 37.2 Å². The van der Waals surface area contributed by atoms with Crippen LogP contribution in [0, 0.1) is 11.3 Å². The van der Waals surface area contributed by atoms with E-state index in [0.717, 1.165) is 43.8 Å². The molecule has 2 aromatic heterocycles. The highest BCUT2D eigenvalue weighted by Gasteiger charge is 2.25. The molecule has 7 nitrogen and oxygen atoms in total. The van der Waals surface area contributed by atoms with Crippen molar-refractivity contribution in [3.63, 3.8) is 0 Å². The average molecular weight is 506 g/mol. The zero-order chi connectivity index (χ0) is 24.0. The van der Waals surface area contributed by atoms with Crippen LogP contribution >= 0.6 is 34.5 Å². The number of thiophene rings is 1. The molecule has 0 bridgehead atoms. The molecule has 2 heterocycles. The molecule has 0 aliphatic heterocycles. The summed E-state index contributed by atoms with van der Waals surface area (Å²) >= 11 is 13.2. The third-order valence-corrected chi connectivity index (χ3v) is 7.10. The van der Waals surface area contributed by atoms with Crippen LogP contribution in [-0.2, 0) is 0 Å². The second kappa shape index (κ2) is 11.5. The largest absolute Gasteiger partial charge is 0.396 e. The number of benzene rings is 1. The summed E-state index contributed by atoms with van der Waals surface area (Å²) in [6.45, 7) is 7.75. The molecule has 0 radical (unpaired) electrons. The van der Waals surface area contributed by atoms with Gasteiger partial charge in [0.05, 0.1) is 15.7 Å². The molecule has 0 saturated heterocycles. The lowest BCUT2D eigenvalue weighted by atomic mass is 10.1. The number of hydrogen-bond acceptors (Lipinski definition) is 8. The smallest absolute Gasteiger partial charge is 0.243 e. The lowest BCUT2D eigenvalue weighted by molar-refractivity contribution is 0.100. The maximum atomic E-state index is 13.1. The Kier molecular flexibility index (Phi) is 8.75. The molecule has 0 aliphatic carbocycles. The molecule has 3 aromatic rings. The van der Waals surface area contributed by atoms with E-state index in [4.69, 9.17) is 33.5 Å². The topological polar surface area (TPSA) is 108 Å². The van der Waals surface area contributed by atoms with E-state index in [0.29, 0.717) is 32.8 Å². The summed E-state index contributed by atoms with van der Waals surface area (Å²) < 4.78 is 5.27. The highest BCUT2D eigenvalue weighted by atomic mass is 35.5. The molecule has 3 rings (SSSR count). The van der Waals surface area contributed by atoms with Gasteiger partial charge in [0.15, 0.2) is 0 Å². The van der Waals surface area contributed by atoms with Crippen LogP contribution in [0.25, 0.3) is 11.3 Å². The second-order valence-corrected chi connectivity index (χ2v) is 9.24. The van der Waals surface area contributed by atoms with Crippen LogP contribution in [0.5, 0.6) is 0 Å². The highest BCUT2D eigenvalue weighted by Crippen LogP contribution is 2.37. The van der Waals surface area contributed by atoms with Crippen molar-refractivity contribution in [2.24, 2.45) is 0 Å². The molecule has 0 fully saturated rings. The number of hydrogen-bond donors (Lipinski definition) is 2. The van der Waals surface area contributed by atoms with Gasteiger partial charge < -0.3 is 20.5 Å². The van der Waals surface area contributed by atoms with Crippen molar-refractivity contribution in [3.05, 3.63) is 50.5 Å². The van der Waals surface area contributed by atoms with Gasteiger partial charge in [-0.25, -0.2) is 0 Å². The number of nitrogens with two attached hydrogens (primary N) is 1. The van der Waals surface area contributed by atoms with Crippen molar-refractivity contribution in [3.8, 4) is 17.3 Å². The summed E-state index contributed by atoms with van der Waals surface area (Å²) in [6.07, 6.45) is 2.28. The number of nitriles is 1. The van der Waals surface area contributed by atoms with E-state index >= 15 is 0 Å². The number of nitrogens with one attached hydrogen (secondary N) is 1. The standard InChI is InChI=1S/C23H25Cl2N5O2S/c1-3-5-9-30(4-2)10-8-28-23-15(13-26)20(27)22(33-23)21(31)19-12-18(29-32-19)14-6-7-16(24)17(25)11-14/h6-7,11-12,28H,3-5,8-10,27H2,1-2H3. The molecule has 10 heteroatoms. The van der Waals surface area contributed by atoms with Gasteiger partial charge in [-0.05, 0) is 31.6 Å². The van der Waals surface area contributed by atoms with E-state index in [1.165, 1.54) is 6.07 Å². The summed E-state index contributed by atoms with van der Waals surface area (Å²) in [5.74, 6) is -0.407. The minimum Gasteiger partial charge on any atom is -0.396 e. The molecule has 0 spiro atoms. The van der Waals surface area contributed by atoms with E-state index in [1.54, 1.807) is 18.2 Å². The molecule has 33 heavy (non-hydrogen) atoms. The van der Waals surface area contributed by atoms with E-state index in [9.17, 15) is 10.1 Å². The van der Waals surface area contributed by atoms with Gasteiger partial charge in [-0.1, -0.05) is 54.7 Å². The van der Waals surface area contributed by atoms with Crippen LogP contribution < -0.4 is 11.1 Å². The Bertz CT molecular complexity index is 1170. The maximum Gasteiger partial charge on any atom is 0.243 e. The van der Waals surface area contributed by atoms with Crippen LogP contribution in [0.4, 0.5) is 10.7 Å². The lowest BCUT2D eigenvalue weighted by Crippen LogP contribution is -2.29. The van der Waals surface area contributed by atoms with E-state index in [2.05, 4.69) is 35.3 Å². The molecule has 0 unspecified atom stereocenters. The summed E-state index contributed by atoms with van der Waals surface area (Å²) in [5, 5.41) is 18.2. The fourth-order valence-electron chi connectivity index (χ4n) is 3.27. The summed E-state index contributed by atoms with van der Waals surface area (Å²) in [4.78, 5) is 15.6. The fourth-order valence-corrected chi connectivity index (χ4v) is 4.61. The van der Waals surface area contributed by atoms with Crippen molar-refractivity contribution in [2.45, 2.75) is 26.7 Å². The van der Waals surface area contributed by atoms with Crippen LogP contribution in [-0.4, -0.2) is 42.0 Å². The predicted molar refractivity (Wildman–Crippen MR) is 134 cm³/mol. The van der Waals surface area contributed by atoms with Gasteiger partial charge >= 0.3 is 0 Å².